The van der Waals surface area contributed by atoms with Crippen LogP contribution in [-0.2, 0) is 9.53 Å². The number of hydrogen-bond donors (Lipinski definition) is 1. The highest BCUT2D eigenvalue weighted by molar-refractivity contribution is 5.70. The molecule has 1 fully saturated rings. The number of para-hydroxylation sites is 1. The highest BCUT2D eigenvalue weighted by atomic mass is 16.5. The fourth-order valence-electron chi connectivity index (χ4n) is 3.08. The molecule has 0 aliphatic heterocycles. The second-order valence-corrected chi connectivity index (χ2v) is 6.07. The normalized spacial score (nSPS) is 26.0. The molecule has 1 aliphatic rings. The zero-order valence-electron chi connectivity index (χ0n) is 12.5. The Labute approximate surface area is 121 Å². The van der Waals surface area contributed by atoms with Crippen LogP contribution >= 0.6 is 0 Å². The van der Waals surface area contributed by atoms with E-state index in [-0.39, 0.29) is 12.1 Å². The van der Waals surface area contributed by atoms with Crippen LogP contribution in [0.2, 0.25) is 0 Å². The highest BCUT2D eigenvalue weighted by Gasteiger charge is 2.26. The Morgan fingerprint density at radius 3 is 2.45 bits per heavy atom. The molecule has 3 nitrogen and oxygen atoms in total. The molecule has 0 amide bonds. The Kier molecular flexibility index (Phi) is 5.45. The van der Waals surface area contributed by atoms with Gasteiger partial charge >= 0.3 is 5.97 Å². The van der Waals surface area contributed by atoms with Gasteiger partial charge in [0.1, 0.15) is 6.10 Å². The van der Waals surface area contributed by atoms with Crippen molar-refractivity contribution in [3.8, 4) is 0 Å². The lowest BCUT2D eigenvalue weighted by molar-refractivity contribution is -0.151. The van der Waals surface area contributed by atoms with Crippen LogP contribution in [0.4, 0.5) is 5.69 Å². The van der Waals surface area contributed by atoms with Gasteiger partial charge in [-0.1, -0.05) is 32.0 Å². The van der Waals surface area contributed by atoms with Crippen LogP contribution in [0.1, 0.15) is 39.5 Å². The number of nitrogens with one attached hydrogen (secondary N) is 1. The maximum atomic E-state index is 11.9. The number of benzene rings is 1. The van der Waals surface area contributed by atoms with E-state index >= 15 is 0 Å². The summed E-state index contributed by atoms with van der Waals surface area (Å²) in [5.41, 5.74) is 1.04. The quantitative estimate of drug-likeness (QED) is 0.829. The average Bonchev–Trinajstić information content (AvgIpc) is 2.38. The second kappa shape index (κ2) is 7.32. The van der Waals surface area contributed by atoms with E-state index in [4.69, 9.17) is 4.74 Å². The third-order valence-electron chi connectivity index (χ3n) is 3.87. The van der Waals surface area contributed by atoms with Crippen molar-refractivity contribution < 1.29 is 9.53 Å². The summed E-state index contributed by atoms with van der Waals surface area (Å²) in [6.07, 6.45) is 3.83. The van der Waals surface area contributed by atoms with E-state index in [0.717, 1.165) is 18.5 Å². The lowest BCUT2D eigenvalue weighted by Crippen LogP contribution is -2.29. The standard InChI is InChI=1S/C17H25NO2/c1-13-10-14(2)12-16(11-13)20-17(19)8-9-18-15-6-4-3-5-7-15/h3-7,13-14,16,18H,8-12H2,1-2H3. The first kappa shape index (κ1) is 14.9. The minimum absolute atomic E-state index is 0.0836. The molecule has 1 saturated carbocycles. The lowest BCUT2D eigenvalue weighted by Gasteiger charge is -2.31. The first-order chi connectivity index (χ1) is 9.63. The third-order valence-corrected chi connectivity index (χ3v) is 3.87. The SMILES string of the molecule is CC1CC(C)CC(OC(=O)CCNc2ccccc2)C1. The van der Waals surface area contributed by atoms with Crippen molar-refractivity contribution in [2.24, 2.45) is 11.8 Å². The summed E-state index contributed by atoms with van der Waals surface area (Å²) in [5.74, 6) is 1.25. The number of rotatable bonds is 5. The van der Waals surface area contributed by atoms with Gasteiger partial charge in [0, 0.05) is 12.2 Å². The van der Waals surface area contributed by atoms with Crippen molar-refractivity contribution in [3.05, 3.63) is 30.3 Å². The molecule has 0 aromatic heterocycles. The molecule has 2 atom stereocenters. The maximum absolute atomic E-state index is 11.9. The van der Waals surface area contributed by atoms with Gasteiger partial charge in [-0.15, -0.1) is 0 Å². The Hall–Kier alpha value is -1.51. The number of carbonyl (C=O) groups excluding carboxylic acids is 1. The van der Waals surface area contributed by atoms with Crippen LogP contribution in [0.5, 0.6) is 0 Å². The predicted molar refractivity (Wildman–Crippen MR) is 81.6 cm³/mol. The van der Waals surface area contributed by atoms with Gasteiger partial charge in [0.15, 0.2) is 0 Å². The van der Waals surface area contributed by atoms with Gasteiger partial charge in [0.05, 0.1) is 6.42 Å². The minimum Gasteiger partial charge on any atom is -0.462 e. The number of carbonyl (C=O) groups is 1. The van der Waals surface area contributed by atoms with Gasteiger partial charge in [-0.05, 0) is 43.2 Å². The van der Waals surface area contributed by atoms with Gasteiger partial charge < -0.3 is 10.1 Å². The van der Waals surface area contributed by atoms with Crippen molar-refractivity contribution in [2.45, 2.75) is 45.6 Å². The number of esters is 1. The fraction of sp³-hybridized carbons (Fsp3) is 0.588. The molecule has 1 aliphatic carbocycles. The summed E-state index contributed by atoms with van der Waals surface area (Å²) in [5, 5.41) is 3.23. The molecule has 0 radical (unpaired) electrons. The number of hydrogen-bond acceptors (Lipinski definition) is 3. The smallest absolute Gasteiger partial charge is 0.307 e. The summed E-state index contributed by atoms with van der Waals surface area (Å²) >= 11 is 0. The second-order valence-electron chi connectivity index (χ2n) is 6.07. The molecule has 110 valence electrons. The van der Waals surface area contributed by atoms with Crippen molar-refractivity contribution in [3.63, 3.8) is 0 Å². The van der Waals surface area contributed by atoms with E-state index in [1.807, 2.05) is 30.3 Å². The summed E-state index contributed by atoms with van der Waals surface area (Å²) in [4.78, 5) is 11.9. The minimum atomic E-state index is -0.0836. The molecule has 20 heavy (non-hydrogen) atoms. The first-order valence-corrected chi connectivity index (χ1v) is 7.62. The molecule has 1 N–H and O–H groups in total. The van der Waals surface area contributed by atoms with Crippen molar-refractivity contribution in [2.75, 3.05) is 11.9 Å². The van der Waals surface area contributed by atoms with Gasteiger partial charge in [0.25, 0.3) is 0 Å². The Bertz CT molecular complexity index is 408. The molecular weight excluding hydrogens is 250 g/mol. The summed E-state index contributed by atoms with van der Waals surface area (Å²) in [6.45, 7) is 5.11. The first-order valence-electron chi connectivity index (χ1n) is 7.62. The largest absolute Gasteiger partial charge is 0.462 e. The Morgan fingerprint density at radius 2 is 1.80 bits per heavy atom. The average molecular weight is 275 g/mol. The molecule has 2 unspecified atom stereocenters. The van der Waals surface area contributed by atoms with Crippen LogP contribution < -0.4 is 5.32 Å². The highest BCUT2D eigenvalue weighted by Crippen LogP contribution is 2.30. The van der Waals surface area contributed by atoms with Gasteiger partial charge in [-0.3, -0.25) is 4.79 Å². The van der Waals surface area contributed by atoms with Crippen molar-refractivity contribution in [1.29, 1.82) is 0 Å². The van der Waals surface area contributed by atoms with Crippen molar-refractivity contribution >= 4 is 11.7 Å². The molecule has 0 bridgehead atoms. The van der Waals surface area contributed by atoms with E-state index in [1.165, 1.54) is 6.42 Å². The maximum Gasteiger partial charge on any atom is 0.307 e. The molecule has 1 aromatic carbocycles. The van der Waals surface area contributed by atoms with Crippen LogP contribution in [0.15, 0.2) is 30.3 Å². The third kappa shape index (κ3) is 4.87. The lowest BCUT2D eigenvalue weighted by atomic mass is 9.82. The van der Waals surface area contributed by atoms with Crippen LogP contribution in [0.3, 0.4) is 0 Å². The van der Waals surface area contributed by atoms with E-state index < -0.39 is 0 Å². The Morgan fingerprint density at radius 1 is 1.15 bits per heavy atom. The van der Waals surface area contributed by atoms with Gasteiger partial charge in [-0.2, -0.15) is 0 Å². The fourth-order valence-corrected chi connectivity index (χ4v) is 3.08. The van der Waals surface area contributed by atoms with E-state index in [9.17, 15) is 4.79 Å². The Balaban J connectivity index is 1.67. The number of ether oxygens (including phenoxy) is 1. The van der Waals surface area contributed by atoms with Crippen molar-refractivity contribution in [1.82, 2.24) is 0 Å². The molecule has 1 aromatic rings. The molecule has 0 heterocycles. The van der Waals surface area contributed by atoms with E-state index in [1.54, 1.807) is 0 Å². The number of anilines is 1. The molecule has 0 saturated heterocycles. The monoisotopic (exact) mass is 275 g/mol. The zero-order chi connectivity index (χ0) is 14.4. The molecular formula is C17H25NO2. The molecule has 0 spiro atoms. The topological polar surface area (TPSA) is 38.3 Å². The molecule has 3 heteroatoms. The summed E-state index contributed by atoms with van der Waals surface area (Å²) in [6, 6.07) is 9.92. The van der Waals surface area contributed by atoms with Gasteiger partial charge in [-0.25, -0.2) is 0 Å². The van der Waals surface area contributed by atoms with Gasteiger partial charge in [0.2, 0.25) is 0 Å². The zero-order valence-corrected chi connectivity index (χ0v) is 12.5. The van der Waals surface area contributed by atoms with E-state index in [2.05, 4.69) is 19.2 Å². The van der Waals surface area contributed by atoms with Crippen LogP contribution in [0, 0.1) is 11.8 Å². The predicted octanol–water partition coefficient (Wildman–Crippen LogP) is 3.86. The summed E-state index contributed by atoms with van der Waals surface area (Å²) < 4.78 is 5.59. The molecule has 2 rings (SSSR count). The van der Waals surface area contributed by atoms with Crippen LogP contribution in [0.25, 0.3) is 0 Å². The summed E-state index contributed by atoms with van der Waals surface area (Å²) in [7, 11) is 0. The van der Waals surface area contributed by atoms with Crippen LogP contribution in [-0.4, -0.2) is 18.6 Å². The van der Waals surface area contributed by atoms with E-state index in [0.29, 0.717) is 24.8 Å².